The third-order valence-electron chi connectivity index (χ3n) is 3.64. The molecule has 1 saturated heterocycles. The van der Waals surface area contributed by atoms with Crippen LogP contribution in [-0.4, -0.2) is 34.9 Å². The fourth-order valence-corrected chi connectivity index (χ4v) is 3.39. The molecule has 4 nitrogen and oxygen atoms in total. The van der Waals surface area contributed by atoms with E-state index in [1.807, 2.05) is 0 Å². The van der Waals surface area contributed by atoms with Crippen LogP contribution in [0.3, 0.4) is 0 Å². The molecule has 0 aliphatic carbocycles. The summed E-state index contributed by atoms with van der Waals surface area (Å²) in [6.07, 6.45) is 1.75. The minimum atomic E-state index is -0.687. The number of likely N-dealkylation sites (tertiary alicyclic amines) is 1. The van der Waals surface area contributed by atoms with Crippen LogP contribution in [0.4, 0.5) is 8.78 Å². The van der Waals surface area contributed by atoms with Crippen LogP contribution in [0.15, 0.2) is 23.6 Å². The van der Waals surface area contributed by atoms with Gasteiger partial charge in [-0.1, -0.05) is 6.07 Å². The minimum Gasteiger partial charge on any atom is -0.336 e. The van der Waals surface area contributed by atoms with Crippen LogP contribution in [0.25, 0.3) is 10.6 Å². The molecule has 1 unspecified atom stereocenters. The highest BCUT2D eigenvalue weighted by Gasteiger charge is 2.25. The third kappa shape index (κ3) is 2.86. The summed E-state index contributed by atoms with van der Waals surface area (Å²) in [5.41, 5.74) is 5.88. The Morgan fingerprint density at radius 1 is 1.36 bits per heavy atom. The van der Waals surface area contributed by atoms with E-state index in [4.69, 9.17) is 5.73 Å². The van der Waals surface area contributed by atoms with E-state index in [1.165, 1.54) is 23.6 Å². The Labute approximate surface area is 130 Å². The molecule has 3 rings (SSSR count). The average molecular weight is 323 g/mol. The molecule has 1 atom stereocenters. The van der Waals surface area contributed by atoms with Gasteiger partial charge in [-0.05, 0) is 25.0 Å². The summed E-state index contributed by atoms with van der Waals surface area (Å²) in [5.74, 6) is -1.61. The lowest BCUT2D eigenvalue weighted by Gasteiger charge is -2.30. The molecule has 1 aromatic heterocycles. The fourth-order valence-electron chi connectivity index (χ4n) is 2.55. The maximum atomic E-state index is 13.8. The SMILES string of the molecule is NC1CCCN(C(=O)c2csc(-c3c(F)cccc3F)n2)C1. The quantitative estimate of drug-likeness (QED) is 0.924. The largest absolute Gasteiger partial charge is 0.336 e. The zero-order chi connectivity index (χ0) is 15.7. The van der Waals surface area contributed by atoms with Gasteiger partial charge in [0.2, 0.25) is 0 Å². The summed E-state index contributed by atoms with van der Waals surface area (Å²) >= 11 is 1.05. The van der Waals surface area contributed by atoms with Crippen molar-refractivity contribution in [2.24, 2.45) is 5.73 Å². The van der Waals surface area contributed by atoms with E-state index >= 15 is 0 Å². The zero-order valence-corrected chi connectivity index (χ0v) is 12.6. The van der Waals surface area contributed by atoms with Gasteiger partial charge in [-0.25, -0.2) is 13.8 Å². The van der Waals surface area contributed by atoms with E-state index in [0.29, 0.717) is 13.1 Å². The molecule has 22 heavy (non-hydrogen) atoms. The first kappa shape index (κ1) is 15.1. The summed E-state index contributed by atoms with van der Waals surface area (Å²) in [7, 11) is 0. The summed E-state index contributed by atoms with van der Waals surface area (Å²) in [4.78, 5) is 18.1. The van der Waals surface area contributed by atoms with Gasteiger partial charge in [-0.15, -0.1) is 11.3 Å². The first-order valence-corrected chi connectivity index (χ1v) is 7.89. The number of hydrogen-bond donors (Lipinski definition) is 1. The topological polar surface area (TPSA) is 59.2 Å². The molecule has 1 amide bonds. The Morgan fingerprint density at radius 2 is 2.09 bits per heavy atom. The van der Waals surface area contributed by atoms with Gasteiger partial charge in [0.25, 0.3) is 5.91 Å². The number of piperidine rings is 1. The monoisotopic (exact) mass is 323 g/mol. The molecule has 0 bridgehead atoms. The number of carbonyl (C=O) groups is 1. The summed E-state index contributed by atoms with van der Waals surface area (Å²) in [6, 6.07) is 3.61. The van der Waals surface area contributed by atoms with Crippen molar-refractivity contribution in [2.75, 3.05) is 13.1 Å². The normalized spacial score (nSPS) is 18.5. The Hall–Kier alpha value is -1.86. The maximum absolute atomic E-state index is 13.8. The van der Waals surface area contributed by atoms with Gasteiger partial charge in [0.05, 0.1) is 5.56 Å². The number of halogens is 2. The van der Waals surface area contributed by atoms with Gasteiger partial charge < -0.3 is 10.6 Å². The highest BCUT2D eigenvalue weighted by atomic mass is 32.1. The van der Waals surface area contributed by atoms with Crippen molar-refractivity contribution >= 4 is 17.2 Å². The first-order chi connectivity index (χ1) is 10.6. The van der Waals surface area contributed by atoms with Crippen LogP contribution in [0.1, 0.15) is 23.3 Å². The Bertz CT molecular complexity index is 684. The van der Waals surface area contributed by atoms with E-state index < -0.39 is 11.6 Å². The molecule has 116 valence electrons. The minimum absolute atomic E-state index is 0.0279. The van der Waals surface area contributed by atoms with E-state index in [2.05, 4.69) is 4.98 Å². The summed E-state index contributed by atoms with van der Waals surface area (Å²) in [6.45, 7) is 1.12. The average Bonchev–Trinajstić information content (AvgIpc) is 2.96. The number of nitrogens with zero attached hydrogens (tertiary/aromatic N) is 2. The Kier molecular flexibility index (Phi) is 4.17. The first-order valence-electron chi connectivity index (χ1n) is 7.01. The van der Waals surface area contributed by atoms with Crippen molar-refractivity contribution in [2.45, 2.75) is 18.9 Å². The zero-order valence-electron chi connectivity index (χ0n) is 11.8. The van der Waals surface area contributed by atoms with Gasteiger partial charge in [0, 0.05) is 24.5 Å². The van der Waals surface area contributed by atoms with Gasteiger partial charge in [-0.3, -0.25) is 4.79 Å². The third-order valence-corrected chi connectivity index (χ3v) is 4.50. The number of hydrogen-bond acceptors (Lipinski definition) is 4. The number of carbonyl (C=O) groups excluding carboxylic acids is 1. The molecule has 1 fully saturated rings. The van der Waals surface area contributed by atoms with Crippen molar-refractivity contribution in [1.29, 1.82) is 0 Å². The van der Waals surface area contributed by atoms with Crippen LogP contribution >= 0.6 is 11.3 Å². The molecule has 1 aromatic carbocycles. The number of aromatic nitrogens is 1. The van der Waals surface area contributed by atoms with Crippen LogP contribution in [0.5, 0.6) is 0 Å². The van der Waals surface area contributed by atoms with E-state index in [9.17, 15) is 13.6 Å². The van der Waals surface area contributed by atoms with Gasteiger partial charge in [0.1, 0.15) is 22.3 Å². The van der Waals surface area contributed by atoms with E-state index in [1.54, 1.807) is 4.90 Å². The number of nitrogens with two attached hydrogens (primary N) is 1. The van der Waals surface area contributed by atoms with E-state index in [0.717, 1.165) is 24.2 Å². The molecule has 2 heterocycles. The molecule has 2 aromatic rings. The molecule has 7 heteroatoms. The van der Waals surface area contributed by atoms with Crippen molar-refractivity contribution in [3.63, 3.8) is 0 Å². The van der Waals surface area contributed by atoms with Crippen LogP contribution < -0.4 is 5.73 Å². The van der Waals surface area contributed by atoms with Crippen LogP contribution in [-0.2, 0) is 0 Å². The second kappa shape index (κ2) is 6.10. The summed E-state index contributed by atoms with van der Waals surface area (Å²) < 4.78 is 27.5. The molecule has 0 saturated carbocycles. The highest BCUT2D eigenvalue weighted by Crippen LogP contribution is 2.29. The van der Waals surface area contributed by atoms with Crippen molar-refractivity contribution < 1.29 is 13.6 Å². The number of benzene rings is 1. The summed E-state index contributed by atoms with van der Waals surface area (Å²) in [5, 5.41) is 1.70. The number of thiazole rings is 1. The van der Waals surface area contributed by atoms with Crippen molar-refractivity contribution in [3.8, 4) is 10.6 Å². The predicted octanol–water partition coefficient (Wildman–Crippen LogP) is 2.65. The Balaban J connectivity index is 1.86. The molecule has 1 aliphatic heterocycles. The molecule has 0 radical (unpaired) electrons. The van der Waals surface area contributed by atoms with Crippen LogP contribution in [0.2, 0.25) is 0 Å². The van der Waals surface area contributed by atoms with Gasteiger partial charge >= 0.3 is 0 Å². The number of amides is 1. The van der Waals surface area contributed by atoms with Crippen molar-refractivity contribution in [3.05, 3.63) is 40.9 Å². The molecular weight excluding hydrogens is 308 g/mol. The standard InChI is InChI=1S/C15H15F2N3OS/c16-10-4-1-5-11(17)13(10)14-19-12(8-22-14)15(21)20-6-2-3-9(18)7-20/h1,4-5,8-9H,2-3,6-7,18H2. The second-order valence-electron chi connectivity index (χ2n) is 5.29. The maximum Gasteiger partial charge on any atom is 0.273 e. The van der Waals surface area contributed by atoms with Gasteiger partial charge in [0.15, 0.2) is 0 Å². The molecule has 2 N–H and O–H groups in total. The lowest BCUT2D eigenvalue weighted by Crippen LogP contribution is -2.45. The molecule has 1 aliphatic rings. The van der Waals surface area contributed by atoms with Crippen molar-refractivity contribution in [1.82, 2.24) is 9.88 Å². The lowest BCUT2D eigenvalue weighted by molar-refractivity contribution is 0.0703. The van der Waals surface area contributed by atoms with Crippen LogP contribution in [0, 0.1) is 11.6 Å². The predicted molar refractivity (Wildman–Crippen MR) is 80.6 cm³/mol. The van der Waals surface area contributed by atoms with Gasteiger partial charge in [-0.2, -0.15) is 0 Å². The Morgan fingerprint density at radius 3 is 2.77 bits per heavy atom. The van der Waals surface area contributed by atoms with E-state index in [-0.39, 0.29) is 28.2 Å². The molecular formula is C15H15F2N3OS. The smallest absolute Gasteiger partial charge is 0.273 e. The lowest BCUT2D eigenvalue weighted by atomic mass is 10.1. The second-order valence-corrected chi connectivity index (χ2v) is 6.15. The molecule has 0 spiro atoms. The highest BCUT2D eigenvalue weighted by molar-refractivity contribution is 7.13. The fraction of sp³-hybridized carbons (Fsp3) is 0.333. The number of rotatable bonds is 2.